The number of ether oxygens (including phenoxy) is 6. The van der Waals surface area contributed by atoms with Crippen LogP contribution in [-0.2, 0) is 33.2 Å². The van der Waals surface area contributed by atoms with Crippen molar-refractivity contribution in [2.24, 2.45) is 0 Å². The van der Waals surface area contributed by atoms with Crippen LogP contribution in [0.2, 0.25) is 0 Å². The summed E-state index contributed by atoms with van der Waals surface area (Å²) in [6, 6.07) is -0.996. The normalized spacial score (nSPS) is 26.9. The molecule has 0 aromatic rings. The van der Waals surface area contributed by atoms with E-state index in [4.69, 9.17) is 28.4 Å². The van der Waals surface area contributed by atoms with Crippen molar-refractivity contribution >= 4 is 5.91 Å². The average Bonchev–Trinajstić information content (AvgIpc) is 0.784. The molecule has 3 aliphatic heterocycles. The maximum atomic E-state index is 13.5. The fraction of sp³-hybridized carbons (Fsp3) is 0.911. The average molecular weight is 1400 g/mol. The molecular formula is C79H147NO18. The van der Waals surface area contributed by atoms with Crippen molar-refractivity contribution in [1.82, 2.24) is 5.32 Å². The second kappa shape index (κ2) is 60.3. The van der Waals surface area contributed by atoms with Gasteiger partial charge in [-0.25, -0.2) is 0 Å². The number of hydrogen-bond donors (Lipinski definition) is 12. The Bertz CT molecular complexity index is 1910. The number of aliphatic hydroxyl groups excluding tert-OH is 11. The molecule has 576 valence electrons. The van der Waals surface area contributed by atoms with Crippen molar-refractivity contribution < 1.29 is 89.4 Å². The van der Waals surface area contributed by atoms with Crippen LogP contribution < -0.4 is 5.32 Å². The molecule has 17 atom stereocenters. The van der Waals surface area contributed by atoms with Crippen molar-refractivity contribution in [3.8, 4) is 0 Å². The molecule has 12 N–H and O–H groups in total. The van der Waals surface area contributed by atoms with E-state index in [9.17, 15) is 61.0 Å². The van der Waals surface area contributed by atoms with Crippen LogP contribution in [0.3, 0.4) is 0 Å². The van der Waals surface area contributed by atoms with E-state index in [1.54, 1.807) is 6.08 Å². The number of allylic oxidation sites excluding steroid dienone is 5. The zero-order valence-electron chi connectivity index (χ0n) is 61.5. The highest BCUT2D eigenvalue weighted by atomic mass is 16.8. The molecule has 19 nitrogen and oxygen atoms in total. The highest BCUT2D eigenvalue weighted by molar-refractivity contribution is 5.76. The second-order valence-electron chi connectivity index (χ2n) is 28.9. The Kier molecular flexibility index (Phi) is 55.5. The van der Waals surface area contributed by atoms with Gasteiger partial charge in [-0.05, 0) is 44.9 Å². The summed E-state index contributed by atoms with van der Waals surface area (Å²) in [7, 11) is 0. The van der Waals surface area contributed by atoms with Crippen LogP contribution in [0.5, 0.6) is 0 Å². The van der Waals surface area contributed by atoms with Crippen LogP contribution in [0.15, 0.2) is 36.5 Å². The maximum absolute atomic E-state index is 13.5. The van der Waals surface area contributed by atoms with Gasteiger partial charge in [0.2, 0.25) is 5.91 Å². The molecule has 0 saturated carbocycles. The SMILES string of the molecule is CCCCCCCCCCCCCCCCC/C=C/CC/C=C/CC/C=C/C(O)C(COC1OC(CO)C(OC2OC(CO)C(OC3OC(CO)C(O)C(O)C3O)C(O)C2O)C(O)C1O)NC(=O)CCCCCCCCCCCCCCCCCCCCCCCCCCCCCC. The second-order valence-corrected chi connectivity index (χ2v) is 28.9. The molecule has 3 aliphatic rings. The zero-order valence-corrected chi connectivity index (χ0v) is 61.5. The number of carbonyl (C=O) groups excluding carboxylic acids is 1. The summed E-state index contributed by atoms with van der Waals surface area (Å²) in [6.45, 7) is 1.76. The number of amides is 1. The summed E-state index contributed by atoms with van der Waals surface area (Å²) in [5.74, 6) is -0.283. The van der Waals surface area contributed by atoms with E-state index in [0.29, 0.717) is 12.8 Å². The van der Waals surface area contributed by atoms with E-state index < -0.39 is 124 Å². The quantitative estimate of drug-likeness (QED) is 0.0199. The van der Waals surface area contributed by atoms with Crippen LogP contribution in [0, 0.1) is 0 Å². The standard InChI is InChI=1S/C79H147NO18/c1-3-5-7-9-11-13-15-17-19-21-23-25-27-29-30-31-33-35-37-39-41-43-45-47-49-51-53-55-57-67(85)80-62(63(84)56-54-52-50-48-46-44-42-40-38-36-34-32-28-26-24-22-20-18-16-14-12-10-8-6-4-2)61-93-77-73(91)70(88)75(65(59-82)95-77)98-79-74(92)71(89)76(66(60-83)96-79)97-78-72(90)69(87)68(86)64(58-81)94-78/h38,40,46,48,54,56,62-66,68-79,81-84,86-92H,3-37,39,41-45,47,49-53,55,57-61H2,1-2H3,(H,80,85)/b40-38+,48-46+,56-54+. The Balaban J connectivity index is 1.39. The molecule has 98 heavy (non-hydrogen) atoms. The van der Waals surface area contributed by atoms with Crippen molar-refractivity contribution in [2.45, 2.75) is 433 Å². The van der Waals surface area contributed by atoms with Crippen LogP contribution in [0.1, 0.15) is 328 Å². The molecular weight excluding hydrogens is 1250 g/mol. The van der Waals surface area contributed by atoms with Crippen LogP contribution >= 0.6 is 0 Å². The molecule has 17 unspecified atom stereocenters. The Hall–Kier alpha value is -1.99. The molecule has 3 saturated heterocycles. The summed E-state index contributed by atoms with van der Waals surface area (Å²) in [4.78, 5) is 13.5. The summed E-state index contributed by atoms with van der Waals surface area (Å²) >= 11 is 0. The minimum Gasteiger partial charge on any atom is -0.394 e. The first-order chi connectivity index (χ1) is 47.8. The monoisotopic (exact) mass is 1400 g/mol. The fourth-order valence-electron chi connectivity index (χ4n) is 13.7. The predicted octanol–water partition coefficient (Wildman–Crippen LogP) is 13.1. The van der Waals surface area contributed by atoms with Crippen LogP contribution in [-0.4, -0.2) is 193 Å². The molecule has 0 aromatic carbocycles. The van der Waals surface area contributed by atoms with Crippen molar-refractivity contribution in [3.05, 3.63) is 36.5 Å². The van der Waals surface area contributed by atoms with Crippen LogP contribution in [0.4, 0.5) is 0 Å². The van der Waals surface area contributed by atoms with Gasteiger partial charge in [0, 0.05) is 6.42 Å². The third kappa shape index (κ3) is 40.3. The Labute approximate surface area is 593 Å². The molecule has 0 radical (unpaired) electrons. The van der Waals surface area contributed by atoms with Gasteiger partial charge in [0.25, 0.3) is 0 Å². The van der Waals surface area contributed by atoms with E-state index in [0.717, 1.165) is 44.9 Å². The van der Waals surface area contributed by atoms with E-state index >= 15 is 0 Å². The van der Waals surface area contributed by atoms with Crippen molar-refractivity contribution in [3.63, 3.8) is 0 Å². The van der Waals surface area contributed by atoms with Gasteiger partial charge >= 0.3 is 0 Å². The molecule has 19 heteroatoms. The number of rotatable bonds is 64. The minimum absolute atomic E-state index is 0.236. The molecule has 3 fully saturated rings. The summed E-state index contributed by atoms with van der Waals surface area (Å²) < 4.78 is 34.4. The molecule has 0 spiro atoms. The number of nitrogens with one attached hydrogen (secondary N) is 1. The molecule has 0 bridgehead atoms. The van der Waals surface area contributed by atoms with Gasteiger partial charge in [0.15, 0.2) is 18.9 Å². The topological polar surface area (TPSA) is 307 Å². The van der Waals surface area contributed by atoms with Crippen molar-refractivity contribution in [2.75, 3.05) is 26.4 Å². The lowest BCUT2D eigenvalue weighted by atomic mass is 9.96. The molecule has 3 heterocycles. The highest BCUT2D eigenvalue weighted by Gasteiger charge is 2.54. The van der Waals surface area contributed by atoms with Gasteiger partial charge in [-0.3, -0.25) is 4.79 Å². The first-order valence-corrected chi connectivity index (χ1v) is 40.2. The summed E-state index contributed by atoms with van der Waals surface area (Å²) in [5, 5.41) is 121. The summed E-state index contributed by atoms with van der Waals surface area (Å²) in [6.07, 6.45) is 47.1. The van der Waals surface area contributed by atoms with E-state index in [1.807, 2.05) is 6.08 Å². The molecule has 1 amide bonds. The maximum Gasteiger partial charge on any atom is 0.220 e. The lowest BCUT2D eigenvalue weighted by molar-refractivity contribution is -0.379. The van der Waals surface area contributed by atoms with Gasteiger partial charge in [0.1, 0.15) is 73.2 Å². The largest absolute Gasteiger partial charge is 0.394 e. The Morgan fingerprint density at radius 3 is 1.02 bits per heavy atom. The lowest BCUT2D eigenvalue weighted by Crippen LogP contribution is -2.66. The van der Waals surface area contributed by atoms with E-state index in [-0.39, 0.29) is 18.9 Å². The molecule has 0 aliphatic carbocycles. The number of aliphatic hydroxyl groups is 11. The number of carbonyl (C=O) groups is 1. The lowest BCUT2D eigenvalue weighted by Gasteiger charge is -2.48. The van der Waals surface area contributed by atoms with Crippen molar-refractivity contribution in [1.29, 1.82) is 0 Å². The van der Waals surface area contributed by atoms with E-state index in [2.05, 4.69) is 43.5 Å². The fourth-order valence-corrected chi connectivity index (χ4v) is 13.7. The number of hydrogen-bond acceptors (Lipinski definition) is 18. The van der Waals surface area contributed by atoms with Crippen LogP contribution in [0.25, 0.3) is 0 Å². The van der Waals surface area contributed by atoms with E-state index in [1.165, 1.54) is 250 Å². The van der Waals surface area contributed by atoms with Gasteiger partial charge in [-0.2, -0.15) is 0 Å². The smallest absolute Gasteiger partial charge is 0.220 e. The van der Waals surface area contributed by atoms with Gasteiger partial charge in [0.05, 0.1) is 38.6 Å². The number of unbranched alkanes of at least 4 members (excludes halogenated alkanes) is 44. The molecule has 3 rings (SSSR count). The molecule has 0 aromatic heterocycles. The Morgan fingerprint density at radius 2 is 0.653 bits per heavy atom. The third-order valence-electron chi connectivity index (χ3n) is 20.2. The van der Waals surface area contributed by atoms with Gasteiger partial charge in [-0.15, -0.1) is 0 Å². The predicted molar refractivity (Wildman–Crippen MR) is 388 cm³/mol. The summed E-state index contributed by atoms with van der Waals surface area (Å²) in [5.41, 5.74) is 0. The highest BCUT2D eigenvalue weighted by Crippen LogP contribution is 2.33. The van der Waals surface area contributed by atoms with Gasteiger partial charge in [-0.1, -0.05) is 314 Å². The zero-order chi connectivity index (χ0) is 71.1. The minimum atomic E-state index is -1.98. The third-order valence-corrected chi connectivity index (χ3v) is 20.2. The Morgan fingerprint density at radius 1 is 0.357 bits per heavy atom. The van der Waals surface area contributed by atoms with Gasteiger partial charge < -0.3 is 89.9 Å². The first-order valence-electron chi connectivity index (χ1n) is 40.2. The first kappa shape index (κ1) is 90.2.